The number of hydrogen-bond acceptors (Lipinski definition) is 6. The van der Waals surface area contributed by atoms with Crippen LogP contribution in [0.1, 0.15) is 23.0 Å². The molecule has 2 heterocycles. The Hall–Kier alpha value is -3.78. The number of rotatable bonds is 7. The summed E-state index contributed by atoms with van der Waals surface area (Å²) in [6.45, 7) is 4.70. The van der Waals surface area contributed by atoms with Gasteiger partial charge in [-0.1, -0.05) is 30.3 Å². The van der Waals surface area contributed by atoms with Gasteiger partial charge in [0.15, 0.2) is 0 Å². The van der Waals surface area contributed by atoms with Crippen LogP contribution in [0.25, 0.3) is 0 Å². The fourth-order valence-corrected chi connectivity index (χ4v) is 3.67. The molecule has 1 unspecified atom stereocenters. The highest BCUT2D eigenvalue weighted by atomic mass is 16.5. The lowest BCUT2D eigenvalue weighted by molar-refractivity contribution is -0.121. The largest absolute Gasteiger partial charge is 0.489 e. The van der Waals surface area contributed by atoms with Crippen LogP contribution in [0.15, 0.2) is 73.2 Å². The number of aromatic nitrogens is 2. The van der Waals surface area contributed by atoms with Crippen LogP contribution in [-0.4, -0.2) is 63.8 Å². The molecule has 2 amide bonds. The van der Waals surface area contributed by atoms with Gasteiger partial charge in [-0.3, -0.25) is 19.5 Å². The van der Waals surface area contributed by atoms with Crippen molar-refractivity contribution < 1.29 is 14.3 Å². The highest BCUT2D eigenvalue weighted by Gasteiger charge is 2.28. The predicted molar refractivity (Wildman–Crippen MR) is 125 cm³/mol. The molecule has 1 atom stereocenters. The third-order valence-electron chi connectivity index (χ3n) is 5.68. The first-order valence-electron chi connectivity index (χ1n) is 11.0. The summed E-state index contributed by atoms with van der Waals surface area (Å²) in [7, 11) is 0. The lowest BCUT2D eigenvalue weighted by Crippen LogP contribution is -2.54. The van der Waals surface area contributed by atoms with Crippen molar-refractivity contribution in [3.8, 4) is 5.75 Å². The summed E-state index contributed by atoms with van der Waals surface area (Å²) in [6.07, 6.45) is 4.53. The number of carbonyl (C=O) groups excluding carboxylic acids is 2. The molecule has 2 aromatic carbocycles. The van der Waals surface area contributed by atoms with E-state index in [2.05, 4.69) is 20.2 Å². The van der Waals surface area contributed by atoms with Crippen molar-refractivity contribution in [1.82, 2.24) is 19.8 Å². The molecule has 170 valence electrons. The van der Waals surface area contributed by atoms with Gasteiger partial charge in [-0.05, 0) is 36.8 Å². The summed E-state index contributed by atoms with van der Waals surface area (Å²) in [6, 6.07) is 17.0. The average Bonchev–Trinajstić information content (AvgIpc) is 2.88. The van der Waals surface area contributed by atoms with E-state index in [9.17, 15) is 9.59 Å². The third kappa shape index (κ3) is 5.93. The first-order valence-corrected chi connectivity index (χ1v) is 11.0. The van der Waals surface area contributed by atoms with E-state index in [1.165, 1.54) is 12.4 Å². The Morgan fingerprint density at radius 1 is 1.00 bits per heavy atom. The van der Waals surface area contributed by atoms with Crippen molar-refractivity contribution in [3.05, 3.63) is 84.4 Å². The summed E-state index contributed by atoms with van der Waals surface area (Å²) < 4.78 is 5.79. The van der Waals surface area contributed by atoms with Crippen LogP contribution < -0.4 is 10.1 Å². The summed E-state index contributed by atoms with van der Waals surface area (Å²) in [4.78, 5) is 37.1. The quantitative estimate of drug-likeness (QED) is 0.602. The maximum atomic E-state index is 12.8. The van der Waals surface area contributed by atoms with Crippen LogP contribution in [0, 0.1) is 0 Å². The third-order valence-corrected chi connectivity index (χ3v) is 5.68. The minimum absolute atomic E-state index is 0.0818. The topological polar surface area (TPSA) is 87.7 Å². The molecule has 8 nitrogen and oxygen atoms in total. The smallest absolute Gasteiger partial charge is 0.274 e. The van der Waals surface area contributed by atoms with Crippen LogP contribution >= 0.6 is 0 Å². The Bertz CT molecular complexity index is 1050. The molecule has 1 N–H and O–H groups in total. The molecule has 0 bridgehead atoms. The van der Waals surface area contributed by atoms with E-state index in [0.717, 1.165) is 17.0 Å². The van der Waals surface area contributed by atoms with Gasteiger partial charge in [0, 0.05) is 44.3 Å². The second-order valence-electron chi connectivity index (χ2n) is 7.88. The summed E-state index contributed by atoms with van der Waals surface area (Å²) in [5.74, 6) is 0.532. The minimum atomic E-state index is -0.312. The Morgan fingerprint density at radius 2 is 1.73 bits per heavy atom. The minimum Gasteiger partial charge on any atom is -0.489 e. The fraction of sp³-hybridized carbons (Fsp3) is 0.280. The Balaban J connectivity index is 1.24. The standard InChI is InChI=1S/C25H27N5O3/c1-19(29-13-15-30(16-14-29)25(32)23-17-26-11-12-27-23)24(31)28-21-7-9-22(10-8-21)33-18-20-5-3-2-4-6-20/h2-12,17,19H,13-16,18H2,1H3,(H,28,31). The van der Waals surface area contributed by atoms with Gasteiger partial charge in [0.2, 0.25) is 5.91 Å². The molecule has 33 heavy (non-hydrogen) atoms. The maximum Gasteiger partial charge on any atom is 0.274 e. The number of anilines is 1. The van der Waals surface area contributed by atoms with Gasteiger partial charge >= 0.3 is 0 Å². The molecule has 0 radical (unpaired) electrons. The molecule has 1 saturated heterocycles. The monoisotopic (exact) mass is 445 g/mol. The molecule has 1 aliphatic heterocycles. The van der Waals surface area contributed by atoms with Crippen LogP contribution in [0.4, 0.5) is 5.69 Å². The van der Waals surface area contributed by atoms with Gasteiger partial charge in [-0.15, -0.1) is 0 Å². The van der Waals surface area contributed by atoms with Gasteiger partial charge in [0.25, 0.3) is 5.91 Å². The summed E-state index contributed by atoms with van der Waals surface area (Å²) in [5.41, 5.74) is 2.16. The molecule has 1 aliphatic rings. The molecule has 4 rings (SSSR count). The normalized spacial score (nSPS) is 15.0. The Kier molecular flexibility index (Phi) is 7.26. The Labute approximate surface area is 193 Å². The molecule has 0 saturated carbocycles. The fourth-order valence-electron chi connectivity index (χ4n) is 3.67. The zero-order valence-electron chi connectivity index (χ0n) is 18.6. The van der Waals surface area contributed by atoms with E-state index in [1.807, 2.05) is 61.5 Å². The van der Waals surface area contributed by atoms with E-state index in [-0.39, 0.29) is 17.9 Å². The molecule has 1 fully saturated rings. The van der Waals surface area contributed by atoms with E-state index in [1.54, 1.807) is 11.1 Å². The maximum absolute atomic E-state index is 12.8. The van der Waals surface area contributed by atoms with Crippen molar-refractivity contribution in [2.45, 2.75) is 19.6 Å². The van der Waals surface area contributed by atoms with Crippen molar-refractivity contribution in [2.24, 2.45) is 0 Å². The number of carbonyl (C=O) groups is 2. The molecular formula is C25H27N5O3. The van der Waals surface area contributed by atoms with Gasteiger partial charge in [-0.25, -0.2) is 4.98 Å². The summed E-state index contributed by atoms with van der Waals surface area (Å²) >= 11 is 0. The number of ether oxygens (including phenoxy) is 1. The molecular weight excluding hydrogens is 418 g/mol. The number of amides is 2. The first kappa shape index (κ1) is 22.4. The number of hydrogen-bond donors (Lipinski definition) is 1. The molecule has 3 aromatic rings. The van der Waals surface area contributed by atoms with Crippen molar-refractivity contribution in [3.63, 3.8) is 0 Å². The highest BCUT2D eigenvalue weighted by molar-refractivity contribution is 5.94. The average molecular weight is 446 g/mol. The van der Waals surface area contributed by atoms with E-state index >= 15 is 0 Å². The zero-order chi connectivity index (χ0) is 23.0. The SMILES string of the molecule is CC(C(=O)Nc1ccc(OCc2ccccc2)cc1)N1CCN(C(=O)c2cnccn2)CC1. The second kappa shape index (κ2) is 10.7. The van der Waals surface area contributed by atoms with Crippen LogP contribution in [-0.2, 0) is 11.4 Å². The zero-order valence-corrected chi connectivity index (χ0v) is 18.6. The van der Waals surface area contributed by atoms with Gasteiger partial charge < -0.3 is 15.0 Å². The molecule has 0 spiro atoms. The number of nitrogens with one attached hydrogen (secondary N) is 1. The lowest BCUT2D eigenvalue weighted by Gasteiger charge is -2.37. The van der Waals surface area contributed by atoms with Crippen molar-refractivity contribution >= 4 is 17.5 Å². The number of piperazine rings is 1. The van der Waals surface area contributed by atoms with Crippen molar-refractivity contribution in [2.75, 3.05) is 31.5 Å². The van der Waals surface area contributed by atoms with Crippen molar-refractivity contribution in [1.29, 1.82) is 0 Å². The molecule has 8 heteroatoms. The second-order valence-corrected chi connectivity index (χ2v) is 7.88. The van der Waals surface area contributed by atoms with Crippen LogP contribution in [0.5, 0.6) is 5.75 Å². The van der Waals surface area contributed by atoms with Gasteiger partial charge in [-0.2, -0.15) is 0 Å². The van der Waals surface area contributed by atoms with Gasteiger partial charge in [0.1, 0.15) is 18.1 Å². The Morgan fingerprint density at radius 3 is 2.39 bits per heavy atom. The number of benzene rings is 2. The molecule has 1 aromatic heterocycles. The van der Waals surface area contributed by atoms with E-state index in [0.29, 0.717) is 38.5 Å². The van der Waals surface area contributed by atoms with E-state index < -0.39 is 0 Å². The van der Waals surface area contributed by atoms with Crippen LogP contribution in [0.3, 0.4) is 0 Å². The van der Waals surface area contributed by atoms with Crippen LogP contribution in [0.2, 0.25) is 0 Å². The van der Waals surface area contributed by atoms with E-state index in [4.69, 9.17) is 4.74 Å². The van der Waals surface area contributed by atoms with Gasteiger partial charge in [0.05, 0.1) is 12.2 Å². The lowest BCUT2D eigenvalue weighted by atomic mass is 10.2. The number of nitrogens with zero attached hydrogens (tertiary/aromatic N) is 4. The summed E-state index contributed by atoms with van der Waals surface area (Å²) in [5, 5.41) is 2.96. The molecule has 0 aliphatic carbocycles. The first-order chi connectivity index (χ1) is 16.1. The predicted octanol–water partition coefficient (Wildman–Crippen LogP) is 2.84. The highest BCUT2D eigenvalue weighted by Crippen LogP contribution is 2.18.